The van der Waals surface area contributed by atoms with Gasteiger partial charge in [-0.25, -0.2) is 13.8 Å². The first kappa shape index (κ1) is 16.0. The van der Waals surface area contributed by atoms with Crippen LogP contribution in [0, 0.1) is 17.6 Å². The summed E-state index contributed by atoms with van der Waals surface area (Å²) in [4.78, 5) is 21.0. The van der Waals surface area contributed by atoms with Gasteiger partial charge in [0, 0.05) is 25.2 Å². The zero-order valence-corrected chi connectivity index (χ0v) is 13.7. The van der Waals surface area contributed by atoms with Crippen LogP contribution in [0.2, 0.25) is 0 Å². The highest BCUT2D eigenvalue weighted by Crippen LogP contribution is 2.34. The average Bonchev–Trinajstić information content (AvgIpc) is 3.05. The highest BCUT2D eigenvalue weighted by molar-refractivity contribution is 5.94. The predicted octanol–water partition coefficient (Wildman–Crippen LogP) is 3.10. The van der Waals surface area contributed by atoms with Crippen LogP contribution in [0.3, 0.4) is 0 Å². The van der Waals surface area contributed by atoms with Gasteiger partial charge in [0.2, 0.25) is 0 Å². The molecule has 2 aromatic rings. The number of carbonyl (C=O) groups is 1. The van der Waals surface area contributed by atoms with Gasteiger partial charge in [-0.2, -0.15) is 0 Å². The molecule has 0 N–H and O–H groups in total. The molecule has 1 aromatic heterocycles. The number of hydrogen-bond acceptors (Lipinski definition) is 3. The molecule has 4 nitrogen and oxygen atoms in total. The Balaban J connectivity index is 1.52. The Morgan fingerprint density at radius 3 is 2.44 bits per heavy atom. The number of pyridine rings is 1. The van der Waals surface area contributed by atoms with Crippen LogP contribution >= 0.6 is 0 Å². The Kier molecular flexibility index (Phi) is 4.11. The first-order valence-electron chi connectivity index (χ1n) is 8.55. The third kappa shape index (κ3) is 3.08. The highest BCUT2D eigenvalue weighted by Gasteiger charge is 2.41. The van der Waals surface area contributed by atoms with Crippen LogP contribution in [-0.2, 0) is 0 Å². The summed E-state index contributed by atoms with van der Waals surface area (Å²) in [7, 11) is 0. The number of likely N-dealkylation sites (tertiary alicyclic amines) is 1. The number of carbonyl (C=O) groups excluding carboxylic acids is 1. The molecule has 130 valence electrons. The first-order valence-corrected chi connectivity index (χ1v) is 8.55. The van der Waals surface area contributed by atoms with Crippen molar-refractivity contribution >= 4 is 11.7 Å². The molecule has 1 amide bonds. The standard InChI is InChI=1S/C19H19F2N3O/c20-15-3-1-14(2-4-15)19(25)24-10-8-13-7-9-23(12-17(13)24)18-6-5-16(21)11-22-18/h1-6,11,13,17H,7-10,12H2. The second-order valence-electron chi connectivity index (χ2n) is 6.69. The Morgan fingerprint density at radius 2 is 1.72 bits per heavy atom. The van der Waals surface area contributed by atoms with Crippen molar-refractivity contribution in [1.29, 1.82) is 0 Å². The molecule has 0 radical (unpaired) electrons. The number of hydrogen-bond donors (Lipinski definition) is 0. The van der Waals surface area contributed by atoms with Gasteiger partial charge in [0.1, 0.15) is 17.5 Å². The smallest absolute Gasteiger partial charge is 0.254 e. The van der Waals surface area contributed by atoms with Gasteiger partial charge >= 0.3 is 0 Å². The Bertz CT molecular complexity index is 763. The molecule has 0 aliphatic carbocycles. The van der Waals surface area contributed by atoms with Crippen LogP contribution in [-0.4, -0.2) is 41.5 Å². The third-order valence-corrected chi connectivity index (χ3v) is 5.25. The van der Waals surface area contributed by atoms with E-state index >= 15 is 0 Å². The summed E-state index contributed by atoms with van der Waals surface area (Å²) in [5.41, 5.74) is 0.513. The molecule has 2 atom stereocenters. The lowest BCUT2D eigenvalue weighted by atomic mass is 9.92. The van der Waals surface area contributed by atoms with Gasteiger partial charge in [-0.3, -0.25) is 4.79 Å². The summed E-state index contributed by atoms with van der Waals surface area (Å²) in [6, 6.07) is 8.90. The molecule has 0 saturated carbocycles. The zero-order chi connectivity index (χ0) is 17.4. The molecule has 2 aliphatic rings. The summed E-state index contributed by atoms with van der Waals surface area (Å²) in [6.45, 7) is 2.27. The second kappa shape index (κ2) is 6.43. The lowest BCUT2D eigenvalue weighted by Gasteiger charge is -2.39. The molecule has 3 heterocycles. The van der Waals surface area contributed by atoms with Crippen LogP contribution in [0.4, 0.5) is 14.6 Å². The molecular formula is C19H19F2N3O. The highest BCUT2D eigenvalue weighted by atomic mass is 19.1. The molecule has 4 rings (SSSR count). The van der Waals surface area contributed by atoms with E-state index in [9.17, 15) is 13.6 Å². The summed E-state index contributed by atoms with van der Waals surface area (Å²) < 4.78 is 26.2. The van der Waals surface area contributed by atoms with Gasteiger partial charge < -0.3 is 9.80 Å². The molecule has 1 aromatic carbocycles. The molecule has 0 spiro atoms. The van der Waals surface area contributed by atoms with E-state index in [1.54, 1.807) is 6.07 Å². The Hall–Kier alpha value is -2.50. The third-order valence-electron chi connectivity index (χ3n) is 5.25. The minimum atomic E-state index is -0.354. The Labute approximate surface area is 145 Å². The van der Waals surface area contributed by atoms with E-state index in [2.05, 4.69) is 9.88 Å². The van der Waals surface area contributed by atoms with Crippen LogP contribution in [0.1, 0.15) is 23.2 Å². The number of benzene rings is 1. The summed E-state index contributed by atoms with van der Waals surface area (Å²) in [5.74, 6) is 0.457. The summed E-state index contributed by atoms with van der Waals surface area (Å²) in [5, 5.41) is 0. The van der Waals surface area contributed by atoms with E-state index in [4.69, 9.17) is 0 Å². The molecule has 2 aliphatic heterocycles. The minimum Gasteiger partial charge on any atom is -0.355 e. The van der Waals surface area contributed by atoms with Crippen molar-refractivity contribution in [3.8, 4) is 0 Å². The largest absolute Gasteiger partial charge is 0.355 e. The fourth-order valence-corrected chi connectivity index (χ4v) is 3.91. The number of rotatable bonds is 2. The van der Waals surface area contributed by atoms with E-state index in [1.807, 2.05) is 4.90 Å². The van der Waals surface area contributed by atoms with E-state index in [1.165, 1.54) is 36.5 Å². The molecule has 25 heavy (non-hydrogen) atoms. The monoisotopic (exact) mass is 343 g/mol. The zero-order valence-electron chi connectivity index (χ0n) is 13.7. The van der Waals surface area contributed by atoms with E-state index < -0.39 is 0 Å². The minimum absolute atomic E-state index is 0.0542. The molecule has 2 saturated heterocycles. The van der Waals surface area contributed by atoms with E-state index in [-0.39, 0.29) is 23.6 Å². The van der Waals surface area contributed by atoms with Crippen LogP contribution in [0.15, 0.2) is 42.6 Å². The van der Waals surface area contributed by atoms with Crippen molar-refractivity contribution in [2.24, 2.45) is 5.92 Å². The predicted molar refractivity (Wildman–Crippen MR) is 90.4 cm³/mol. The van der Waals surface area contributed by atoms with E-state index in [0.717, 1.165) is 31.7 Å². The number of halogens is 2. The number of piperidine rings is 1. The van der Waals surface area contributed by atoms with Crippen LogP contribution in [0.5, 0.6) is 0 Å². The number of fused-ring (bicyclic) bond motifs is 1. The molecule has 2 unspecified atom stereocenters. The normalized spacial score (nSPS) is 22.8. The fourth-order valence-electron chi connectivity index (χ4n) is 3.91. The van der Waals surface area contributed by atoms with Gasteiger partial charge in [-0.1, -0.05) is 0 Å². The SMILES string of the molecule is O=C(c1ccc(F)cc1)N1CCC2CCN(c3ccc(F)cn3)CC21. The van der Waals surface area contributed by atoms with Crippen molar-refractivity contribution in [2.45, 2.75) is 18.9 Å². The second-order valence-corrected chi connectivity index (χ2v) is 6.69. The number of amides is 1. The maximum atomic E-state index is 13.1. The summed E-state index contributed by atoms with van der Waals surface area (Å²) >= 11 is 0. The molecule has 6 heteroatoms. The van der Waals surface area contributed by atoms with Gasteiger partial charge in [0.25, 0.3) is 5.91 Å². The molecule has 0 bridgehead atoms. The van der Waals surface area contributed by atoms with Crippen molar-refractivity contribution in [3.05, 3.63) is 59.8 Å². The maximum Gasteiger partial charge on any atom is 0.254 e. The van der Waals surface area contributed by atoms with Gasteiger partial charge in [-0.05, 0) is 55.2 Å². The summed E-state index contributed by atoms with van der Waals surface area (Å²) in [6.07, 6.45) is 3.19. The number of nitrogens with zero attached hydrogens (tertiary/aromatic N) is 3. The quantitative estimate of drug-likeness (QED) is 0.841. The van der Waals surface area contributed by atoms with Gasteiger partial charge in [0.15, 0.2) is 0 Å². The topological polar surface area (TPSA) is 36.4 Å². The molecular weight excluding hydrogens is 324 g/mol. The van der Waals surface area contributed by atoms with Crippen molar-refractivity contribution in [2.75, 3.05) is 24.5 Å². The lowest BCUT2D eigenvalue weighted by molar-refractivity contribution is 0.0712. The number of aromatic nitrogens is 1. The Morgan fingerprint density at radius 1 is 1.00 bits per heavy atom. The number of anilines is 1. The fraction of sp³-hybridized carbons (Fsp3) is 0.368. The first-order chi connectivity index (χ1) is 12.1. The lowest BCUT2D eigenvalue weighted by Crippen LogP contribution is -2.50. The van der Waals surface area contributed by atoms with Crippen LogP contribution in [0.25, 0.3) is 0 Å². The van der Waals surface area contributed by atoms with Gasteiger partial charge in [-0.15, -0.1) is 0 Å². The van der Waals surface area contributed by atoms with Crippen LogP contribution < -0.4 is 4.90 Å². The molecule has 2 fully saturated rings. The maximum absolute atomic E-state index is 13.1. The van der Waals surface area contributed by atoms with E-state index in [0.29, 0.717) is 18.0 Å². The van der Waals surface area contributed by atoms with Crippen molar-refractivity contribution < 1.29 is 13.6 Å². The van der Waals surface area contributed by atoms with Crippen molar-refractivity contribution in [3.63, 3.8) is 0 Å². The average molecular weight is 343 g/mol. The van der Waals surface area contributed by atoms with Crippen molar-refractivity contribution in [1.82, 2.24) is 9.88 Å². The van der Waals surface area contributed by atoms with Gasteiger partial charge in [0.05, 0.1) is 12.2 Å².